The van der Waals surface area contributed by atoms with Gasteiger partial charge in [-0.1, -0.05) is 22.0 Å². The fraction of sp³-hybridized carbons (Fsp3) is 0.500. The normalized spacial score (nSPS) is 23.7. The molecule has 98 valence electrons. The van der Waals surface area contributed by atoms with E-state index in [0.29, 0.717) is 0 Å². The van der Waals surface area contributed by atoms with Crippen molar-refractivity contribution in [3.8, 4) is 0 Å². The van der Waals surface area contributed by atoms with Crippen LogP contribution in [0.3, 0.4) is 0 Å². The number of benzene rings is 1. The zero-order valence-electron chi connectivity index (χ0n) is 10.4. The van der Waals surface area contributed by atoms with Crippen LogP contribution in [-0.2, 0) is 4.79 Å². The molecule has 1 aromatic carbocycles. The van der Waals surface area contributed by atoms with Crippen molar-refractivity contribution >= 4 is 27.5 Å². The lowest BCUT2D eigenvalue weighted by molar-refractivity contribution is -0.121. The number of aliphatic hydroxyl groups excluding tert-OH is 1. The monoisotopic (exact) mass is 311 g/mol. The molecule has 1 fully saturated rings. The molecule has 0 unspecified atom stereocenters. The van der Waals surface area contributed by atoms with Crippen molar-refractivity contribution in [2.24, 2.45) is 5.92 Å². The fourth-order valence-corrected chi connectivity index (χ4v) is 2.66. The molecule has 0 aromatic heterocycles. The van der Waals surface area contributed by atoms with Crippen LogP contribution >= 0.6 is 15.9 Å². The summed E-state index contributed by atoms with van der Waals surface area (Å²) >= 11 is 3.41. The molecular weight excluding hydrogens is 294 g/mol. The first kappa shape index (κ1) is 13.6. The Morgan fingerprint density at radius 2 is 2.00 bits per heavy atom. The number of aryl methyl sites for hydroxylation is 1. The van der Waals surface area contributed by atoms with Gasteiger partial charge < -0.3 is 10.4 Å². The molecule has 18 heavy (non-hydrogen) atoms. The Kier molecular flexibility index (Phi) is 4.40. The minimum absolute atomic E-state index is 0.0341. The summed E-state index contributed by atoms with van der Waals surface area (Å²) in [4.78, 5) is 12.1. The third kappa shape index (κ3) is 3.33. The Morgan fingerprint density at radius 1 is 1.33 bits per heavy atom. The molecule has 0 saturated heterocycles. The van der Waals surface area contributed by atoms with Crippen LogP contribution in [0.25, 0.3) is 0 Å². The number of carbonyl (C=O) groups excluding carboxylic acids is 1. The molecular formula is C14H18BrNO2. The van der Waals surface area contributed by atoms with Crippen LogP contribution in [0.4, 0.5) is 5.69 Å². The first-order valence-corrected chi connectivity index (χ1v) is 7.10. The third-order valence-corrected chi connectivity index (χ3v) is 4.02. The minimum atomic E-state index is -0.221. The SMILES string of the molecule is Cc1ccc(Br)cc1NC(=O)C1CCC(O)CC1. The molecule has 1 aliphatic rings. The van der Waals surface area contributed by atoms with Gasteiger partial charge in [-0.25, -0.2) is 0 Å². The van der Waals surface area contributed by atoms with Gasteiger partial charge in [0.05, 0.1) is 6.10 Å². The number of rotatable bonds is 2. The van der Waals surface area contributed by atoms with E-state index in [2.05, 4.69) is 21.2 Å². The summed E-state index contributed by atoms with van der Waals surface area (Å²) in [5.41, 5.74) is 1.92. The summed E-state index contributed by atoms with van der Waals surface area (Å²) in [7, 11) is 0. The average Bonchev–Trinajstić information content (AvgIpc) is 2.34. The molecule has 0 bridgehead atoms. The Labute approximate surface area is 116 Å². The van der Waals surface area contributed by atoms with Gasteiger partial charge in [0.2, 0.25) is 5.91 Å². The molecule has 1 aliphatic carbocycles. The number of carbonyl (C=O) groups is 1. The number of hydrogen-bond acceptors (Lipinski definition) is 2. The van der Waals surface area contributed by atoms with Crippen molar-refractivity contribution in [3.05, 3.63) is 28.2 Å². The van der Waals surface area contributed by atoms with Gasteiger partial charge in [0, 0.05) is 16.1 Å². The lowest BCUT2D eigenvalue weighted by Crippen LogP contribution is -2.28. The second-order valence-electron chi connectivity index (χ2n) is 4.95. The van der Waals surface area contributed by atoms with E-state index in [4.69, 9.17) is 0 Å². The zero-order valence-corrected chi connectivity index (χ0v) is 12.0. The van der Waals surface area contributed by atoms with Crippen LogP contribution in [0.2, 0.25) is 0 Å². The molecule has 3 nitrogen and oxygen atoms in total. The summed E-state index contributed by atoms with van der Waals surface area (Å²) in [5.74, 6) is 0.106. The molecule has 2 N–H and O–H groups in total. The molecule has 0 atom stereocenters. The van der Waals surface area contributed by atoms with Crippen LogP contribution in [0.15, 0.2) is 22.7 Å². The number of anilines is 1. The molecule has 0 radical (unpaired) electrons. The maximum absolute atomic E-state index is 12.1. The van der Waals surface area contributed by atoms with Gasteiger partial charge in [0.15, 0.2) is 0 Å². The molecule has 0 aliphatic heterocycles. The zero-order chi connectivity index (χ0) is 13.1. The van der Waals surface area contributed by atoms with Crippen molar-refractivity contribution in [1.29, 1.82) is 0 Å². The van der Waals surface area contributed by atoms with E-state index in [-0.39, 0.29) is 17.9 Å². The first-order valence-electron chi connectivity index (χ1n) is 6.31. The van der Waals surface area contributed by atoms with Gasteiger partial charge in [-0.2, -0.15) is 0 Å². The Hall–Kier alpha value is -0.870. The van der Waals surface area contributed by atoms with Crippen LogP contribution in [0, 0.1) is 12.8 Å². The molecule has 1 amide bonds. The second kappa shape index (κ2) is 5.85. The van der Waals surface area contributed by atoms with Gasteiger partial charge in [-0.15, -0.1) is 0 Å². The highest BCUT2D eigenvalue weighted by Gasteiger charge is 2.25. The summed E-state index contributed by atoms with van der Waals surface area (Å²) in [6, 6.07) is 5.86. The highest BCUT2D eigenvalue weighted by Crippen LogP contribution is 2.27. The first-order chi connectivity index (χ1) is 8.56. The van der Waals surface area contributed by atoms with Crippen LogP contribution < -0.4 is 5.32 Å². The van der Waals surface area contributed by atoms with Gasteiger partial charge in [0.25, 0.3) is 0 Å². The smallest absolute Gasteiger partial charge is 0.227 e. The van der Waals surface area contributed by atoms with Crippen LogP contribution in [-0.4, -0.2) is 17.1 Å². The summed E-state index contributed by atoms with van der Waals surface area (Å²) in [6.45, 7) is 1.98. The topological polar surface area (TPSA) is 49.3 Å². The van der Waals surface area contributed by atoms with Crippen molar-refractivity contribution < 1.29 is 9.90 Å². The van der Waals surface area contributed by atoms with E-state index in [1.54, 1.807) is 0 Å². The van der Waals surface area contributed by atoms with E-state index >= 15 is 0 Å². The minimum Gasteiger partial charge on any atom is -0.393 e. The maximum atomic E-state index is 12.1. The van der Waals surface area contributed by atoms with Crippen molar-refractivity contribution in [2.45, 2.75) is 38.7 Å². The fourth-order valence-electron chi connectivity index (χ4n) is 2.30. The summed E-state index contributed by atoms with van der Waals surface area (Å²) < 4.78 is 0.961. The van der Waals surface area contributed by atoms with E-state index < -0.39 is 0 Å². The second-order valence-corrected chi connectivity index (χ2v) is 5.87. The highest BCUT2D eigenvalue weighted by atomic mass is 79.9. The number of nitrogens with one attached hydrogen (secondary N) is 1. The van der Waals surface area contributed by atoms with Crippen molar-refractivity contribution in [3.63, 3.8) is 0 Å². The van der Waals surface area contributed by atoms with Gasteiger partial charge >= 0.3 is 0 Å². The highest BCUT2D eigenvalue weighted by molar-refractivity contribution is 9.10. The maximum Gasteiger partial charge on any atom is 0.227 e. The van der Waals surface area contributed by atoms with E-state index in [1.165, 1.54) is 0 Å². The van der Waals surface area contributed by atoms with Crippen molar-refractivity contribution in [2.75, 3.05) is 5.32 Å². The van der Waals surface area contributed by atoms with Gasteiger partial charge in [-0.05, 0) is 50.3 Å². The number of halogens is 1. The molecule has 1 aromatic rings. The van der Waals surface area contributed by atoms with Crippen LogP contribution in [0.5, 0.6) is 0 Å². The van der Waals surface area contributed by atoms with Crippen LogP contribution in [0.1, 0.15) is 31.2 Å². The van der Waals surface area contributed by atoms with Gasteiger partial charge in [0.1, 0.15) is 0 Å². The number of amides is 1. The Bertz CT molecular complexity index is 439. The Balaban J connectivity index is 2.00. The largest absolute Gasteiger partial charge is 0.393 e. The quantitative estimate of drug-likeness (QED) is 0.881. The van der Waals surface area contributed by atoms with Crippen molar-refractivity contribution in [1.82, 2.24) is 0 Å². The molecule has 4 heteroatoms. The lowest BCUT2D eigenvalue weighted by Gasteiger charge is -2.24. The standard InChI is InChI=1S/C14H18BrNO2/c1-9-2-5-11(15)8-13(9)16-14(18)10-3-6-12(17)7-4-10/h2,5,8,10,12,17H,3-4,6-7H2,1H3,(H,16,18). The predicted molar refractivity (Wildman–Crippen MR) is 75.5 cm³/mol. The number of hydrogen-bond donors (Lipinski definition) is 2. The molecule has 2 rings (SSSR count). The molecule has 0 heterocycles. The predicted octanol–water partition coefficient (Wildman–Crippen LogP) is 3.25. The molecule has 1 saturated carbocycles. The third-order valence-electron chi connectivity index (χ3n) is 3.52. The lowest BCUT2D eigenvalue weighted by atomic mass is 9.87. The summed E-state index contributed by atoms with van der Waals surface area (Å²) in [5, 5.41) is 12.4. The summed E-state index contributed by atoms with van der Waals surface area (Å²) in [6.07, 6.45) is 2.80. The van der Waals surface area contributed by atoms with E-state index in [9.17, 15) is 9.90 Å². The molecule has 0 spiro atoms. The van der Waals surface area contributed by atoms with E-state index in [0.717, 1.165) is 41.4 Å². The Morgan fingerprint density at radius 3 is 2.67 bits per heavy atom. The number of aliphatic hydroxyl groups is 1. The van der Waals surface area contributed by atoms with Gasteiger partial charge in [-0.3, -0.25) is 4.79 Å². The van der Waals surface area contributed by atoms with E-state index in [1.807, 2.05) is 25.1 Å². The average molecular weight is 312 g/mol.